The van der Waals surface area contributed by atoms with Crippen molar-refractivity contribution in [3.05, 3.63) is 17.6 Å². The predicted molar refractivity (Wildman–Crippen MR) is 73.4 cm³/mol. The Labute approximate surface area is 117 Å². The molecular weight excluding hydrogens is 259 g/mol. The predicted octanol–water partition coefficient (Wildman–Crippen LogP) is 0.972. The molecule has 0 atom stereocenters. The molecule has 3 rings (SSSR count). The van der Waals surface area contributed by atoms with Gasteiger partial charge in [-0.2, -0.15) is 0 Å². The lowest BCUT2D eigenvalue weighted by atomic mass is 10.1. The van der Waals surface area contributed by atoms with E-state index in [1.54, 1.807) is 11.2 Å². The maximum absolute atomic E-state index is 13.9. The monoisotopic (exact) mass is 278 g/mol. The van der Waals surface area contributed by atoms with Gasteiger partial charge in [0.05, 0.1) is 5.69 Å². The zero-order chi connectivity index (χ0) is 14.3. The van der Waals surface area contributed by atoms with Gasteiger partial charge in [-0.15, -0.1) is 0 Å². The highest BCUT2D eigenvalue weighted by molar-refractivity contribution is 5.88. The van der Waals surface area contributed by atoms with Crippen LogP contribution in [0.1, 0.15) is 24.1 Å². The van der Waals surface area contributed by atoms with Crippen molar-refractivity contribution in [2.24, 2.45) is 0 Å². The second kappa shape index (κ2) is 4.68. The van der Waals surface area contributed by atoms with Gasteiger partial charge in [-0.1, -0.05) is 0 Å². The molecule has 0 radical (unpaired) electrons. The minimum absolute atomic E-state index is 0.343. The van der Waals surface area contributed by atoms with Crippen molar-refractivity contribution in [1.82, 2.24) is 14.9 Å². The van der Waals surface area contributed by atoms with Crippen molar-refractivity contribution in [2.75, 3.05) is 32.1 Å². The molecule has 1 aromatic heterocycles. The van der Waals surface area contributed by atoms with Crippen LogP contribution >= 0.6 is 0 Å². The number of aromatic nitrogens is 2. The zero-order valence-corrected chi connectivity index (χ0v) is 11.9. The average molecular weight is 278 g/mol. The SMILES string of the molecule is CN(C)c1ncnc2c1CCN(C(=O)C1(F)CC1)CC2. The molecule has 0 saturated heterocycles. The van der Waals surface area contributed by atoms with E-state index >= 15 is 0 Å². The first-order chi connectivity index (χ1) is 9.51. The number of alkyl halides is 1. The molecule has 6 heteroatoms. The molecule has 1 amide bonds. The van der Waals surface area contributed by atoms with Crippen LogP contribution in [0.5, 0.6) is 0 Å². The van der Waals surface area contributed by atoms with Gasteiger partial charge < -0.3 is 9.80 Å². The number of hydrogen-bond donors (Lipinski definition) is 0. The van der Waals surface area contributed by atoms with Crippen LogP contribution in [0.15, 0.2) is 6.33 Å². The Kier molecular flexibility index (Phi) is 3.11. The molecule has 1 aliphatic carbocycles. The van der Waals surface area contributed by atoms with E-state index in [1.165, 1.54) is 0 Å². The minimum Gasteiger partial charge on any atom is -0.362 e. The van der Waals surface area contributed by atoms with Crippen molar-refractivity contribution in [3.63, 3.8) is 0 Å². The van der Waals surface area contributed by atoms with Gasteiger partial charge in [0.25, 0.3) is 5.91 Å². The molecule has 0 unspecified atom stereocenters. The molecule has 1 saturated carbocycles. The van der Waals surface area contributed by atoms with Crippen LogP contribution in [0.3, 0.4) is 0 Å². The van der Waals surface area contributed by atoms with E-state index in [4.69, 9.17) is 0 Å². The van der Waals surface area contributed by atoms with Crippen LogP contribution in [-0.2, 0) is 17.6 Å². The first-order valence-electron chi connectivity index (χ1n) is 7.00. The molecule has 5 nitrogen and oxygen atoms in total. The van der Waals surface area contributed by atoms with Gasteiger partial charge in [0.2, 0.25) is 0 Å². The maximum atomic E-state index is 13.9. The Bertz CT molecular complexity index is 542. The molecule has 0 spiro atoms. The highest BCUT2D eigenvalue weighted by Crippen LogP contribution is 2.41. The number of carbonyl (C=O) groups is 1. The Balaban J connectivity index is 1.81. The van der Waals surface area contributed by atoms with E-state index in [9.17, 15) is 9.18 Å². The number of fused-ring (bicyclic) bond motifs is 1. The standard InChI is InChI=1S/C14H19FN4O/c1-18(2)12-10-3-7-19(13(20)14(15)5-6-14)8-4-11(10)16-9-17-12/h9H,3-8H2,1-2H3. The average Bonchev–Trinajstić information content (AvgIpc) is 3.20. The first-order valence-corrected chi connectivity index (χ1v) is 7.00. The number of amides is 1. The molecule has 2 heterocycles. The van der Waals surface area contributed by atoms with Gasteiger partial charge >= 0.3 is 0 Å². The number of nitrogens with zero attached hydrogens (tertiary/aromatic N) is 4. The summed E-state index contributed by atoms with van der Waals surface area (Å²) in [4.78, 5) is 24.3. The summed E-state index contributed by atoms with van der Waals surface area (Å²) in [6.45, 7) is 1.09. The van der Waals surface area contributed by atoms with E-state index in [-0.39, 0.29) is 5.91 Å². The summed E-state index contributed by atoms with van der Waals surface area (Å²) in [5, 5.41) is 0. The smallest absolute Gasteiger partial charge is 0.260 e. The van der Waals surface area contributed by atoms with Crippen LogP contribution in [-0.4, -0.2) is 53.6 Å². The first kappa shape index (κ1) is 13.3. The summed E-state index contributed by atoms with van der Waals surface area (Å²) >= 11 is 0. The third-order valence-electron chi connectivity index (χ3n) is 4.05. The van der Waals surface area contributed by atoms with E-state index < -0.39 is 5.67 Å². The summed E-state index contributed by atoms with van der Waals surface area (Å²) < 4.78 is 13.9. The van der Waals surface area contributed by atoms with Crippen LogP contribution in [0.2, 0.25) is 0 Å². The fourth-order valence-electron chi connectivity index (χ4n) is 2.70. The normalized spacial score (nSPS) is 20.1. The Morgan fingerprint density at radius 2 is 2.00 bits per heavy atom. The third kappa shape index (κ3) is 2.23. The summed E-state index contributed by atoms with van der Waals surface area (Å²) in [7, 11) is 3.88. The van der Waals surface area contributed by atoms with Gasteiger partial charge in [0, 0.05) is 39.2 Å². The van der Waals surface area contributed by atoms with Gasteiger partial charge in [-0.05, 0) is 19.3 Å². The van der Waals surface area contributed by atoms with Crippen LogP contribution in [0, 0.1) is 0 Å². The highest BCUT2D eigenvalue weighted by atomic mass is 19.1. The molecule has 0 N–H and O–H groups in total. The highest BCUT2D eigenvalue weighted by Gasteiger charge is 2.52. The molecule has 1 aromatic rings. The van der Waals surface area contributed by atoms with Gasteiger partial charge in [-0.3, -0.25) is 4.79 Å². The fraction of sp³-hybridized carbons (Fsp3) is 0.643. The molecular formula is C14H19FN4O. The number of carbonyl (C=O) groups excluding carboxylic acids is 1. The summed E-state index contributed by atoms with van der Waals surface area (Å²) in [6.07, 6.45) is 3.66. The molecule has 0 aromatic carbocycles. The van der Waals surface area contributed by atoms with Crippen LogP contribution < -0.4 is 4.90 Å². The second-order valence-electron chi connectivity index (χ2n) is 5.77. The van der Waals surface area contributed by atoms with Crippen molar-refractivity contribution < 1.29 is 9.18 Å². The zero-order valence-electron chi connectivity index (χ0n) is 11.9. The van der Waals surface area contributed by atoms with Crippen LogP contribution in [0.25, 0.3) is 0 Å². The number of halogens is 1. The molecule has 0 bridgehead atoms. The topological polar surface area (TPSA) is 49.3 Å². The van der Waals surface area contributed by atoms with E-state index in [0.29, 0.717) is 38.8 Å². The molecule has 108 valence electrons. The summed E-state index contributed by atoms with van der Waals surface area (Å²) in [5.74, 6) is 0.551. The Morgan fingerprint density at radius 3 is 2.65 bits per heavy atom. The Hall–Kier alpha value is -1.72. The second-order valence-corrected chi connectivity index (χ2v) is 5.77. The maximum Gasteiger partial charge on any atom is 0.260 e. The Morgan fingerprint density at radius 1 is 1.30 bits per heavy atom. The van der Waals surface area contributed by atoms with Crippen molar-refractivity contribution in [3.8, 4) is 0 Å². The quantitative estimate of drug-likeness (QED) is 0.809. The van der Waals surface area contributed by atoms with E-state index in [0.717, 1.165) is 17.1 Å². The molecule has 1 aliphatic heterocycles. The number of anilines is 1. The van der Waals surface area contributed by atoms with E-state index in [1.807, 2.05) is 19.0 Å². The minimum atomic E-state index is -1.58. The van der Waals surface area contributed by atoms with Crippen molar-refractivity contribution in [2.45, 2.75) is 31.4 Å². The number of hydrogen-bond acceptors (Lipinski definition) is 4. The molecule has 2 aliphatic rings. The lowest BCUT2D eigenvalue weighted by Crippen LogP contribution is -2.40. The van der Waals surface area contributed by atoms with Crippen molar-refractivity contribution >= 4 is 11.7 Å². The van der Waals surface area contributed by atoms with Crippen molar-refractivity contribution in [1.29, 1.82) is 0 Å². The number of rotatable bonds is 2. The van der Waals surface area contributed by atoms with Gasteiger partial charge in [-0.25, -0.2) is 14.4 Å². The van der Waals surface area contributed by atoms with Gasteiger partial charge in [0.15, 0.2) is 5.67 Å². The summed E-state index contributed by atoms with van der Waals surface area (Å²) in [6, 6.07) is 0. The fourth-order valence-corrected chi connectivity index (χ4v) is 2.70. The summed E-state index contributed by atoms with van der Waals surface area (Å²) in [5.41, 5.74) is 0.478. The largest absolute Gasteiger partial charge is 0.362 e. The third-order valence-corrected chi connectivity index (χ3v) is 4.05. The van der Waals surface area contributed by atoms with E-state index in [2.05, 4.69) is 9.97 Å². The lowest BCUT2D eigenvalue weighted by Gasteiger charge is -2.22. The van der Waals surface area contributed by atoms with Gasteiger partial charge in [0.1, 0.15) is 12.1 Å². The lowest BCUT2D eigenvalue weighted by molar-refractivity contribution is -0.138. The van der Waals surface area contributed by atoms with Crippen LogP contribution in [0.4, 0.5) is 10.2 Å². The molecule has 1 fully saturated rings. The molecule has 20 heavy (non-hydrogen) atoms.